The van der Waals surface area contributed by atoms with Crippen molar-refractivity contribution in [2.45, 2.75) is 309 Å². The topological polar surface area (TPSA) is 78.9 Å². The van der Waals surface area contributed by atoms with Crippen molar-refractivity contribution in [3.63, 3.8) is 0 Å². The zero-order valence-corrected chi connectivity index (χ0v) is 53.9. The minimum absolute atomic E-state index is 0.0904. The van der Waals surface area contributed by atoms with Gasteiger partial charge in [0.2, 0.25) is 0 Å². The zero-order chi connectivity index (χ0) is 59.9. The van der Waals surface area contributed by atoms with E-state index in [1.54, 1.807) is 0 Å². The molecule has 0 saturated heterocycles. The van der Waals surface area contributed by atoms with Gasteiger partial charge in [-0.2, -0.15) is 0 Å². The number of esters is 3. The first-order valence-electron chi connectivity index (χ1n) is 34.3. The van der Waals surface area contributed by atoms with Crippen LogP contribution in [0.1, 0.15) is 303 Å². The fourth-order valence-electron chi connectivity index (χ4n) is 9.27. The van der Waals surface area contributed by atoms with Gasteiger partial charge in [0.1, 0.15) is 13.2 Å². The van der Waals surface area contributed by atoms with Gasteiger partial charge < -0.3 is 14.2 Å². The summed E-state index contributed by atoms with van der Waals surface area (Å²) in [5.74, 6) is -0.914. The number of hydrogen-bond donors (Lipinski definition) is 0. The molecule has 0 aliphatic heterocycles. The van der Waals surface area contributed by atoms with Crippen LogP contribution in [0.25, 0.3) is 0 Å². The molecule has 1 unspecified atom stereocenters. The van der Waals surface area contributed by atoms with Gasteiger partial charge in [-0.1, -0.05) is 308 Å². The second kappa shape index (κ2) is 69.8. The molecule has 0 aliphatic rings. The van der Waals surface area contributed by atoms with Crippen LogP contribution in [-0.4, -0.2) is 37.2 Å². The summed E-state index contributed by atoms with van der Waals surface area (Å²) in [6.07, 6.45) is 100. The molecule has 0 aliphatic carbocycles. The highest BCUT2D eigenvalue weighted by molar-refractivity contribution is 5.71. The van der Waals surface area contributed by atoms with Crippen molar-refractivity contribution < 1.29 is 28.6 Å². The van der Waals surface area contributed by atoms with Crippen molar-refractivity contribution in [1.82, 2.24) is 0 Å². The van der Waals surface area contributed by atoms with Gasteiger partial charge in [0.15, 0.2) is 6.10 Å². The standard InChI is InChI=1S/C77H126O6/c1-4-7-10-13-16-19-22-24-26-28-30-32-34-35-36-37-38-39-40-41-43-44-46-48-50-52-55-58-61-64-67-70-76(79)82-73-74(72-81-75(78)69-66-63-60-57-54-21-18-15-12-9-6-3)83-77(80)71-68-65-62-59-56-53-51-49-47-45-42-33-31-29-27-25-23-20-17-14-11-8-5-2/h7-8,10-11,16-17,19-20,24-27,30-33,35-36,38-39,45,47,51,53,74H,4-6,9,12-15,18,21-23,28-29,34,37,40-44,46,48-50,52,54-73H2,1-3H3/b10-7-,11-8-,19-16-,20-17-,26-24-,27-25-,32-30-,33-31-,36-35-,39-38-,47-45-,53-51-. The van der Waals surface area contributed by atoms with Crippen LogP contribution in [-0.2, 0) is 28.6 Å². The Bertz CT molecular complexity index is 1800. The molecule has 0 heterocycles. The van der Waals surface area contributed by atoms with Gasteiger partial charge in [-0.05, 0) is 122 Å². The number of rotatable bonds is 61. The molecule has 0 saturated carbocycles. The first kappa shape index (κ1) is 78.3. The normalized spacial score (nSPS) is 13.0. The Morgan fingerprint density at radius 1 is 0.253 bits per heavy atom. The van der Waals surface area contributed by atoms with Gasteiger partial charge in [0.05, 0.1) is 0 Å². The number of carbonyl (C=O) groups is 3. The van der Waals surface area contributed by atoms with E-state index < -0.39 is 6.10 Å². The van der Waals surface area contributed by atoms with Crippen LogP contribution in [0.4, 0.5) is 0 Å². The van der Waals surface area contributed by atoms with Gasteiger partial charge >= 0.3 is 17.9 Å². The lowest BCUT2D eigenvalue weighted by Crippen LogP contribution is -2.30. The summed E-state index contributed by atoms with van der Waals surface area (Å²) in [6.45, 7) is 6.40. The van der Waals surface area contributed by atoms with E-state index in [1.807, 2.05) is 0 Å². The summed E-state index contributed by atoms with van der Waals surface area (Å²) in [4.78, 5) is 38.3. The van der Waals surface area contributed by atoms with E-state index in [0.29, 0.717) is 19.3 Å². The van der Waals surface area contributed by atoms with E-state index in [4.69, 9.17) is 14.2 Å². The highest BCUT2D eigenvalue weighted by atomic mass is 16.6. The second-order valence-electron chi connectivity index (χ2n) is 22.3. The maximum atomic E-state index is 12.9. The predicted octanol–water partition coefficient (Wildman–Crippen LogP) is 23.9. The summed E-state index contributed by atoms with van der Waals surface area (Å²) in [5, 5.41) is 0. The number of ether oxygens (including phenoxy) is 3. The Labute approximate surface area is 512 Å². The molecule has 1 atom stereocenters. The maximum absolute atomic E-state index is 12.9. The molecule has 0 aromatic rings. The van der Waals surface area contributed by atoms with Crippen molar-refractivity contribution in [2.24, 2.45) is 0 Å². The van der Waals surface area contributed by atoms with Crippen LogP contribution in [0.5, 0.6) is 0 Å². The lowest BCUT2D eigenvalue weighted by atomic mass is 10.0. The Kier molecular flexibility index (Phi) is 65.8. The average molecular weight is 1150 g/mol. The number of unbranched alkanes of at least 4 members (excludes halogenated alkanes) is 26. The summed E-state index contributed by atoms with van der Waals surface area (Å²) in [5.41, 5.74) is 0. The molecule has 83 heavy (non-hydrogen) atoms. The van der Waals surface area contributed by atoms with Gasteiger partial charge in [-0.25, -0.2) is 0 Å². The Hall–Kier alpha value is -4.71. The van der Waals surface area contributed by atoms with E-state index in [2.05, 4.69) is 167 Å². The van der Waals surface area contributed by atoms with Crippen LogP contribution in [0, 0.1) is 0 Å². The van der Waals surface area contributed by atoms with E-state index in [-0.39, 0.29) is 31.1 Å². The number of hydrogen-bond acceptors (Lipinski definition) is 6. The van der Waals surface area contributed by atoms with Gasteiger partial charge in [-0.3, -0.25) is 14.4 Å². The Morgan fingerprint density at radius 2 is 0.470 bits per heavy atom. The fraction of sp³-hybridized carbons (Fsp3) is 0.649. The van der Waals surface area contributed by atoms with Crippen molar-refractivity contribution in [3.05, 3.63) is 146 Å². The largest absolute Gasteiger partial charge is 0.462 e. The van der Waals surface area contributed by atoms with Gasteiger partial charge in [0.25, 0.3) is 0 Å². The highest BCUT2D eigenvalue weighted by Crippen LogP contribution is 2.16. The fourth-order valence-corrected chi connectivity index (χ4v) is 9.27. The zero-order valence-electron chi connectivity index (χ0n) is 53.9. The molecule has 470 valence electrons. The predicted molar refractivity (Wildman–Crippen MR) is 362 cm³/mol. The SMILES string of the molecule is CC/C=C\C/C=C\C/C=C\C/C=C\C/C=C\C/C=C\CCCCCCCCCCCCCCC(=O)OCC(COC(=O)CCCCCCCCCCCCC)OC(=O)CCCCCC/C=C\C/C=C\C/C=C\C/C=C\C/C=C\C/C=C\CC. The molecular weight excluding hydrogens is 1020 g/mol. The minimum atomic E-state index is -0.797. The van der Waals surface area contributed by atoms with Gasteiger partial charge in [-0.15, -0.1) is 0 Å². The molecule has 0 radical (unpaired) electrons. The molecule has 6 nitrogen and oxygen atoms in total. The molecule has 0 N–H and O–H groups in total. The first-order valence-corrected chi connectivity index (χ1v) is 34.3. The van der Waals surface area contributed by atoms with Crippen LogP contribution in [0.3, 0.4) is 0 Å². The van der Waals surface area contributed by atoms with Crippen molar-refractivity contribution in [2.75, 3.05) is 13.2 Å². The van der Waals surface area contributed by atoms with E-state index >= 15 is 0 Å². The molecule has 0 bridgehead atoms. The van der Waals surface area contributed by atoms with E-state index in [0.717, 1.165) is 148 Å². The Morgan fingerprint density at radius 3 is 0.735 bits per heavy atom. The molecule has 0 aromatic carbocycles. The molecule has 0 fully saturated rings. The summed E-state index contributed by atoms with van der Waals surface area (Å²) < 4.78 is 16.9. The third-order valence-electron chi connectivity index (χ3n) is 14.3. The van der Waals surface area contributed by atoms with E-state index in [1.165, 1.54) is 116 Å². The minimum Gasteiger partial charge on any atom is -0.462 e. The summed E-state index contributed by atoms with van der Waals surface area (Å²) in [7, 11) is 0. The van der Waals surface area contributed by atoms with Crippen molar-refractivity contribution in [3.8, 4) is 0 Å². The molecule has 0 amide bonds. The third kappa shape index (κ3) is 68.0. The molecule has 6 heteroatoms. The smallest absolute Gasteiger partial charge is 0.306 e. The third-order valence-corrected chi connectivity index (χ3v) is 14.3. The number of carbonyl (C=O) groups excluding carboxylic acids is 3. The van der Waals surface area contributed by atoms with Crippen molar-refractivity contribution in [1.29, 1.82) is 0 Å². The summed E-state index contributed by atoms with van der Waals surface area (Å²) in [6, 6.07) is 0. The lowest BCUT2D eigenvalue weighted by Gasteiger charge is -2.18. The van der Waals surface area contributed by atoms with E-state index in [9.17, 15) is 14.4 Å². The molecular formula is C77H126O6. The quantitative estimate of drug-likeness (QED) is 0.0261. The average Bonchev–Trinajstić information content (AvgIpc) is 3.48. The lowest BCUT2D eigenvalue weighted by molar-refractivity contribution is -0.167. The Balaban J connectivity index is 4.30. The van der Waals surface area contributed by atoms with Crippen molar-refractivity contribution >= 4 is 17.9 Å². The molecule has 0 rings (SSSR count). The molecule has 0 aromatic heterocycles. The van der Waals surface area contributed by atoms with Crippen LogP contribution >= 0.6 is 0 Å². The van der Waals surface area contributed by atoms with Crippen LogP contribution in [0.15, 0.2) is 146 Å². The number of allylic oxidation sites excluding steroid dienone is 24. The molecule has 0 spiro atoms. The first-order chi connectivity index (χ1) is 41.0. The highest BCUT2D eigenvalue weighted by Gasteiger charge is 2.19. The second-order valence-corrected chi connectivity index (χ2v) is 22.3. The summed E-state index contributed by atoms with van der Waals surface area (Å²) >= 11 is 0. The monoisotopic (exact) mass is 1150 g/mol. The van der Waals surface area contributed by atoms with Crippen LogP contribution in [0.2, 0.25) is 0 Å². The maximum Gasteiger partial charge on any atom is 0.306 e. The van der Waals surface area contributed by atoms with Crippen LogP contribution < -0.4 is 0 Å². The van der Waals surface area contributed by atoms with Gasteiger partial charge in [0, 0.05) is 19.3 Å².